The molecule has 0 aliphatic rings. The van der Waals surface area contributed by atoms with Gasteiger partial charge < -0.3 is 10.2 Å². The number of nitrogens with one attached hydrogen (secondary N) is 1. The number of anilines is 2. The van der Waals surface area contributed by atoms with Crippen LogP contribution in [-0.2, 0) is 11.3 Å². The first-order valence-electron chi connectivity index (χ1n) is 10.2. The molecule has 0 aliphatic carbocycles. The van der Waals surface area contributed by atoms with E-state index >= 15 is 0 Å². The lowest BCUT2D eigenvalue weighted by Gasteiger charge is -2.19. The van der Waals surface area contributed by atoms with Gasteiger partial charge in [-0.2, -0.15) is 13.2 Å². The largest absolute Gasteiger partial charge is 0.471 e. The molecule has 36 heavy (non-hydrogen) atoms. The van der Waals surface area contributed by atoms with E-state index in [2.05, 4.69) is 32.8 Å². The smallest absolute Gasteiger partial charge is 0.310 e. The Labute approximate surface area is 210 Å². The zero-order chi connectivity index (χ0) is 26.6. The number of alkyl halides is 3. The number of hydrogen-bond acceptors (Lipinski definition) is 4. The van der Waals surface area contributed by atoms with Crippen LogP contribution in [0.3, 0.4) is 0 Å². The summed E-state index contributed by atoms with van der Waals surface area (Å²) >= 11 is 3.10. The maximum atomic E-state index is 13.2. The van der Waals surface area contributed by atoms with Gasteiger partial charge in [-0.05, 0) is 64.8 Å². The summed E-state index contributed by atoms with van der Waals surface area (Å²) in [6.45, 7) is 1.33. The number of carbonyl (C=O) groups is 2. The van der Waals surface area contributed by atoms with Gasteiger partial charge in [0.25, 0.3) is 11.5 Å². The highest BCUT2D eigenvalue weighted by atomic mass is 79.9. The lowest BCUT2D eigenvalue weighted by molar-refractivity contribution is -0.167. The Bertz CT molecular complexity index is 1440. The molecule has 0 bridgehead atoms. The lowest BCUT2D eigenvalue weighted by Crippen LogP contribution is -2.33. The number of nitrogens with zero attached hydrogens (tertiary/aromatic N) is 3. The monoisotopic (exact) mass is 564 g/mol. The Morgan fingerprint density at radius 2 is 1.83 bits per heavy atom. The molecule has 0 fully saturated rings. The van der Waals surface area contributed by atoms with Crippen LogP contribution in [0.25, 0.3) is 0 Å². The van der Waals surface area contributed by atoms with E-state index in [1.807, 2.05) is 0 Å². The van der Waals surface area contributed by atoms with Crippen LogP contribution in [0.4, 0.5) is 29.1 Å². The van der Waals surface area contributed by atoms with E-state index in [1.165, 1.54) is 60.5 Å². The molecule has 0 aliphatic heterocycles. The molecule has 1 aromatic carbocycles. The minimum atomic E-state index is -5.13. The van der Waals surface area contributed by atoms with Gasteiger partial charge in [0.05, 0.1) is 12.1 Å². The fraction of sp³-hybridized carbons (Fsp3) is 0.167. The van der Waals surface area contributed by atoms with Crippen LogP contribution < -0.4 is 15.8 Å². The van der Waals surface area contributed by atoms with Gasteiger partial charge in [-0.15, -0.1) is 0 Å². The Balaban J connectivity index is 1.93. The van der Waals surface area contributed by atoms with Gasteiger partial charge in [0, 0.05) is 18.8 Å². The van der Waals surface area contributed by atoms with Crippen molar-refractivity contribution in [2.75, 3.05) is 17.3 Å². The van der Waals surface area contributed by atoms with Crippen LogP contribution in [0.15, 0.2) is 57.9 Å². The topological polar surface area (TPSA) is 84.3 Å². The molecule has 2 heterocycles. The van der Waals surface area contributed by atoms with Crippen molar-refractivity contribution in [2.24, 2.45) is 0 Å². The van der Waals surface area contributed by atoms with E-state index in [-0.39, 0.29) is 22.4 Å². The first-order chi connectivity index (χ1) is 16.9. The predicted octanol–water partition coefficient (Wildman–Crippen LogP) is 4.28. The van der Waals surface area contributed by atoms with Gasteiger partial charge in [-0.1, -0.05) is 17.9 Å². The Morgan fingerprint density at radius 3 is 2.47 bits per heavy atom. The van der Waals surface area contributed by atoms with Gasteiger partial charge in [-0.3, -0.25) is 19.0 Å². The molecular formula is C24H17BrF4N4O3. The van der Waals surface area contributed by atoms with Crippen LogP contribution in [-0.4, -0.2) is 34.6 Å². The normalized spacial score (nSPS) is 10.9. The highest BCUT2D eigenvalue weighted by Gasteiger charge is 2.39. The molecule has 0 radical (unpaired) electrons. The summed E-state index contributed by atoms with van der Waals surface area (Å²) in [6, 6.07) is 10.6. The molecule has 0 saturated heterocycles. The first kappa shape index (κ1) is 26.6. The van der Waals surface area contributed by atoms with Crippen LogP contribution >= 0.6 is 15.9 Å². The third kappa shape index (κ3) is 6.17. The number of aromatic nitrogens is 2. The van der Waals surface area contributed by atoms with E-state index < -0.39 is 35.2 Å². The highest BCUT2D eigenvalue weighted by molar-refractivity contribution is 9.10. The van der Waals surface area contributed by atoms with Crippen molar-refractivity contribution in [3.8, 4) is 11.8 Å². The average molecular weight is 565 g/mol. The number of halogens is 5. The second-order valence-electron chi connectivity index (χ2n) is 7.42. The molecule has 0 saturated carbocycles. The summed E-state index contributed by atoms with van der Waals surface area (Å²) < 4.78 is 52.7. The van der Waals surface area contributed by atoms with Gasteiger partial charge >= 0.3 is 12.1 Å². The molecule has 3 rings (SSSR count). The molecule has 0 unspecified atom stereocenters. The zero-order valence-corrected chi connectivity index (χ0v) is 20.4. The third-order valence-electron chi connectivity index (χ3n) is 4.89. The van der Waals surface area contributed by atoms with Crippen LogP contribution in [0, 0.1) is 24.6 Å². The van der Waals surface area contributed by atoms with Crippen molar-refractivity contribution in [1.29, 1.82) is 0 Å². The molecule has 12 heteroatoms. The minimum Gasteiger partial charge on any atom is -0.310 e. The highest BCUT2D eigenvalue weighted by Crippen LogP contribution is 2.23. The SMILES string of the molecule is Cc1cc(C#CCn2c(C(=O)N(C)c3ccc(F)cc3)cccc2=O)c(NC(=O)C(F)(F)F)nc1Br. The number of hydrogen-bond donors (Lipinski definition) is 1. The van der Waals surface area contributed by atoms with Crippen molar-refractivity contribution < 1.29 is 27.2 Å². The van der Waals surface area contributed by atoms with Crippen molar-refractivity contribution in [3.05, 3.63) is 86.1 Å². The molecule has 3 aromatic rings. The molecule has 0 spiro atoms. The third-order valence-corrected chi connectivity index (χ3v) is 5.69. The van der Waals surface area contributed by atoms with E-state index in [9.17, 15) is 31.9 Å². The molecule has 186 valence electrons. The fourth-order valence-corrected chi connectivity index (χ4v) is 3.29. The number of aryl methyl sites for hydroxylation is 1. The molecule has 2 aromatic heterocycles. The van der Waals surface area contributed by atoms with Crippen molar-refractivity contribution >= 4 is 39.2 Å². The quantitative estimate of drug-likeness (QED) is 0.291. The van der Waals surface area contributed by atoms with Crippen molar-refractivity contribution in [2.45, 2.75) is 19.6 Å². The van der Waals surface area contributed by atoms with E-state index in [0.29, 0.717) is 11.3 Å². The zero-order valence-electron chi connectivity index (χ0n) is 18.8. The summed E-state index contributed by atoms with van der Waals surface area (Å²) in [5.74, 6) is 1.56. The van der Waals surface area contributed by atoms with Crippen molar-refractivity contribution in [1.82, 2.24) is 9.55 Å². The Morgan fingerprint density at radius 1 is 1.17 bits per heavy atom. The number of benzene rings is 1. The summed E-state index contributed by atoms with van der Waals surface area (Å²) in [5.41, 5.74) is 0.348. The average Bonchev–Trinajstić information content (AvgIpc) is 2.82. The van der Waals surface area contributed by atoms with E-state index in [1.54, 1.807) is 12.2 Å². The van der Waals surface area contributed by atoms with Crippen LogP contribution in [0.5, 0.6) is 0 Å². The molecule has 7 nitrogen and oxygen atoms in total. The van der Waals surface area contributed by atoms with Crippen LogP contribution in [0.2, 0.25) is 0 Å². The molecule has 0 atom stereocenters. The first-order valence-corrected chi connectivity index (χ1v) is 11.0. The summed E-state index contributed by atoms with van der Waals surface area (Å²) in [5, 5.41) is 1.68. The fourth-order valence-electron chi connectivity index (χ4n) is 3.00. The molecule has 1 N–H and O–H groups in total. The maximum absolute atomic E-state index is 13.2. The second-order valence-corrected chi connectivity index (χ2v) is 8.17. The number of pyridine rings is 2. The van der Waals surface area contributed by atoms with Gasteiger partial charge in [0.2, 0.25) is 0 Å². The Kier molecular flexibility index (Phi) is 7.94. The van der Waals surface area contributed by atoms with E-state index in [0.717, 1.165) is 4.57 Å². The number of carbonyl (C=O) groups excluding carboxylic acids is 2. The maximum Gasteiger partial charge on any atom is 0.471 e. The minimum absolute atomic E-state index is 0.0145. The van der Waals surface area contributed by atoms with E-state index in [4.69, 9.17) is 0 Å². The standard InChI is InChI=1S/C24H17BrF4N4O3/c1-14-13-15(21(30-20(14)25)31-23(36)24(27,28)29)5-4-12-33-18(6-3-7-19(33)34)22(35)32(2)17-10-8-16(26)9-11-17/h3,6-11,13H,12H2,1-2H3,(H,30,31,36). The summed E-state index contributed by atoms with van der Waals surface area (Å²) in [4.78, 5) is 42.1. The molecule has 2 amide bonds. The lowest BCUT2D eigenvalue weighted by atomic mass is 10.2. The van der Waals surface area contributed by atoms with Gasteiger partial charge in [0.1, 0.15) is 21.9 Å². The summed E-state index contributed by atoms with van der Waals surface area (Å²) in [7, 11) is 1.45. The summed E-state index contributed by atoms with van der Waals surface area (Å²) in [6.07, 6.45) is -5.13. The predicted molar refractivity (Wildman–Crippen MR) is 128 cm³/mol. The number of amides is 2. The van der Waals surface area contributed by atoms with Gasteiger partial charge in [0.15, 0.2) is 0 Å². The van der Waals surface area contributed by atoms with Gasteiger partial charge in [-0.25, -0.2) is 9.37 Å². The second kappa shape index (κ2) is 10.7. The van der Waals surface area contributed by atoms with Crippen LogP contribution in [0.1, 0.15) is 21.6 Å². The number of rotatable bonds is 4. The van der Waals surface area contributed by atoms with Crippen molar-refractivity contribution in [3.63, 3.8) is 0 Å². The Hall–Kier alpha value is -3.98. The molecular weight excluding hydrogens is 548 g/mol.